The zero-order valence-electron chi connectivity index (χ0n) is 15.8. The zero-order chi connectivity index (χ0) is 19.8. The van der Waals surface area contributed by atoms with Gasteiger partial charge < -0.3 is 14.6 Å². The molecule has 1 saturated carbocycles. The van der Waals surface area contributed by atoms with E-state index in [1.807, 2.05) is 25.1 Å². The molecule has 146 valence electrons. The summed E-state index contributed by atoms with van der Waals surface area (Å²) in [5, 5.41) is 10.6. The molecule has 0 saturated heterocycles. The number of rotatable bonds is 6. The van der Waals surface area contributed by atoms with Crippen molar-refractivity contribution >= 4 is 22.8 Å². The number of fused-ring (bicyclic) bond motifs is 1. The molecule has 3 aromatic heterocycles. The largest absolute Gasteiger partial charge is 0.492 e. The van der Waals surface area contributed by atoms with Gasteiger partial charge in [0, 0.05) is 12.2 Å². The van der Waals surface area contributed by atoms with E-state index in [1.165, 1.54) is 0 Å². The van der Waals surface area contributed by atoms with Crippen LogP contribution in [0.1, 0.15) is 36.2 Å². The van der Waals surface area contributed by atoms with Gasteiger partial charge in [0.15, 0.2) is 5.65 Å². The van der Waals surface area contributed by atoms with E-state index in [1.54, 1.807) is 35.8 Å². The molecule has 1 N–H and O–H groups in total. The van der Waals surface area contributed by atoms with Gasteiger partial charge >= 0.3 is 0 Å². The number of hydrogen-bond acceptors (Lipinski definition) is 6. The lowest BCUT2D eigenvalue weighted by molar-refractivity contribution is 0.102. The van der Waals surface area contributed by atoms with Crippen LogP contribution in [0.15, 0.2) is 49.4 Å². The predicted octanol–water partition coefficient (Wildman–Crippen LogP) is 3.00. The molecule has 1 aromatic carbocycles. The van der Waals surface area contributed by atoms with Crippen molar-refractivity contribution in [1.29, 1.82) is 0 Å². The smallest absolute Gasteiger partial charge is 0.257 e. The molecule has 3 heterocycles. The molecule has 9 heteroatoms. The van der Waals surface area contributed by atoms with Gasteiger partial charge in [0.2, 0.25) is 0 Å². The second kappa shape index (κ2) is 7.01. The molecule has 4 aromatic rings. The summed E-state index contributed by atoms with van der Waals surface area (Å²) in [4.78, 5) is 21.8. The van der Waals surface area contributed by atoms with Crippen molar-refractivity contribution in [3.8, 4) is 11.4 Å². The number of ether oxygens (including phenoxy) is 1. The predicted molar refractivity (Wildman–Crippen MR) is 106 cm³/mol. The lowest BCUT2D eigenvalue weighted by atomic mass is 10.2. The Kier molecular flexibility index (Phi) is 4.19. The fraction of sp³-hybridized carbons (Fsp3) is 0.250. The van der Waals surface area contributed by atoms with Gasteiger partial charge in [-0.1, -0.05) is 0 Å². The first-order valence-electron chi connectivity index (χ1n) is 9.48. The summed E-state index contributed by atoms with van der Waals surface area (Å²) in [7, 11) is 0. The maximum absolute atomic E-state index is 12.9. The lowest BCUT2D eigenvalue weighted by Gasteiger charge is -2.13. The molecule has 0 radical (unpaired) electrons. The maximum Gasteiger partial charge on any atom is 0.257 e. The highest BCUT2D eigenvalue weighted by molar-refractivity contribution is 6.06. The molecule has 0 bridgehead atoms. The summed E-state index contributed by atoms with van der Waals surface area (Å²) in [5.74, 6) is 0.312. The number of carbonyl (C=O) groups excluding carboxylic acids is 1. The summed E-state index contributed by atoms with van der Waals surface area (Å²) in [6, 6.07) is 7.76. The SMILES string of the molecule is CCOc1ccc(-n2cnnc2)cc1NC(=O)c1cnc2c(c1)ncn2C1CC1. The standard InChI is InChI=1S/C20H19N7O2/c1-2-29-18-6-5-15(26-11-23-24-12-26)8-16(18)25-20(28)13-7-17-19(21-9-13)27(10-22-17)14-3-4-14/h5-12,14H,2-4H2,1H3,(H,25,28). The molecule has 9 nitrogen and oxygen atoms in total. The minimum atomic E-state index is -0.276. The second-order valence-corrected chi connectivity index (χ2v) is 6.89. The highest BCUT2D eigenvalue weighted by Gasteiger charge is 2.25. The molecule has 0 aliphatic heterocycles. The van der Waals surface area contributed by atoms with Crippen LogP contribution in [0, 0.1) is 0 Å². The van der Waals surface area contributed by atoms with Crippen molar-refractivity contribution in [2.24, 2.45) is 0 Å². The van der Waals surface area contributed by atoms with E-state index in [0.29, 0.717) is 35.2 Å². The van der Waals surface area contributed by atoms with Gasteiger partial charge in [-0.2, -0.15) is 0 Å². The fourth-order valence-corrected chi connectivity index (χ4v) is 3.25. The van der Waals surface area contributed by atoms with E-state index in [4.69, 9.17) is 4.74 Å². The van der Waals surface area contributed by atoms with E-state index in [2.05, 4.69) is 30.0 Å². The van der Waals surface area contributed by atoms with E-state index in [-0.39, 0.29) is 5.91 Å². The fourth-order valence-electron chi connectivity index (χ4n) is 3.25. The topological polar surface area (TPSA) is 99.8 Å². The van der Waals surface area contributed by atoms with Crippen molar-refractivity contribution in [3.63, 3.8) is 0 Å². The molecule has 0 spiro atoms. The zero-order valence-corrected chi connectivity index (χ0v) is 15.8. The second-order valence-electron chi connectivity index (χ2n) is 6.89. The molecule has 1 fully saturated rings. The molecule has 0 unspecified atom stereocenters. The van der Waals surface area contributed by atoms with Crippen LogP contribution >= 0.6 is 0 Å². The Morgan fingerprint density at radius 2 is 2.00 bits per heavy atom. The first-order chi connectivity index (χ1) is 14.2. The quantitative estimate of drug-likeness (QED) is 0.544. The van der Waals surface area contributed by atoms with E-state index >= 15 is 0 Å². The Morgan fingerprint density at radius 3 is 2.76 bits per heavy atom. The Bertz CT molecular complexity index is 1180. The van der Waals surface area contributed by atoms with Crippen LogP contribution in [0.2, 0.25) is 0 Å². The van der Waals surface area contributed by atoms with Crippen LogP contribution in [0.3, 0.4) is 0 Å². The van der Waals surface area contributed by atoms with Crippen LogP contribution < -0.4 is 10.1 Å². The minimum Gasteiger partial charge on any atom is -0.492 e. The van der Waals surface area contributed by atoms with Crippen LogP contribution in [0.25, 0.3) is 16.9 Å². The molecule has 29 heavy (non-hydrogen) atoms. The number of benzene rings is 1. The molecule has 0 atom stereocenters. The number of amides is 1. The van der Waals surface area contributed by atoms with Crippen molar-refractivity contribution in [2.75, 3.05) is 11.9 Å². The first kappa shape index (κ1) is 17.4. The van der Waals surface area contributed by atoms with Gasteiger partial charge in [0.05, 0.1) is 29.9 Å². The Hall–Kier alpha value is -3.75. The van der Waals surface area contributed by atoms with E-state index < -0.39 is 0 Å². The third-order valence-corrected chi connectivity index (χ3v) is 4.84. The van der Waals surface area contributed by atoms with Crippen molar-refractivity contribution in [3.05, 3.63) is 55.0 Å². The molecule has 1 aliphatic carbocycles. The lowest BCUT2D eigenvalue weighted by Crippen LogP contribution is -2.14. The molecule has 1 amide bonds. The number of nitrogens with one attached hydrogen (secondary N) is 1. The summed E-state index contributed by atoms with van der Waals surface area (Å²) in [5.41, 5.74) is 3.34. The normalized spacial score (nSPS) is 13.6. The third-order valence-electron chi connectivity index (χ3n) is 4.84. The number of aromatic nitrogens is 6. The van der Waals surface area contributed by atoms with Crippen molar-refractivity contribution < 1.29 is 9.53 Å². The molecular formula is C20H19N7O2. The van der Waals surface area contributed by atoms with Crippen LogP contribution in [0.4, 0.5) is 5.69 Å². The van der Waals surface area contributed by atoms with Crippen molar-refractivity contribution in [2.45, 2.75) is 25.8 Å². The van der Waals surface area contributed by atoms with Gasteiger partial charge in [-0.25, -0.2) is 9.97 Å². The average Bonchev–Trinajstić information content (AvgIpc) is 3.26. The van der Waals surface area contributed by atoms with Gasteiger partial charge in [-0.3, -0.25) is 9.36 Å². The van der Waals surface area contributed by atoms with E-state index in [9.17, 15) is 4.79 Å². The van der Waals surface area contributed by atoms with Gasteiger partial charge in [0.25, 0.3) is 5.91 Å². The van der Waals surface area contributed by atoms with Gasteiger partial charge in [0.1, 0.15) is 23.9 Å². The summed E-state index contributed by atoms with van der Waals surface area (Å²) in [6.45, 7) is 2.38. The first-order valence-corrected chi connectivity index (χ1v) is 9.48. The van der Waals surface area contributed by atoms with Crippen LogP contribution in [-0.2, 0) is 0 Å². The monoisotopic (exact) mass is 389 g/mol. The molecule has 5 rings (SSSR count). The minimum absolute atomic E-state index is 0.276. The Morgan fingerprint density at radius 1 is 1.17 bits per heavy atom. The molecular weight excluding hydrogens is 370 g/mol. The van der Waals surface area contributed by atoms with Crippen LogP contribution in [-0.4, -0.2) is 41.8 Å². The van der Waals surface area contributed by atoms with Gasteiger partial charge in [-0.05, 0) is 44.0 Å². The summed E-state index contributed by atoms with van der Waals surface area (Å²) < 4.78 is 9.50. The number of hydrogen-bond donors (Lipinski definition) is 1. The number of imidazole rings is 1. The average molecular weight is 389 g/mol. The summed E-state index contributed by atoms with van der Waals surface area (Å²) in [6.07, 6.45) is 8.87. The number of pyridine rings is 1. The highest BCUT2D eigenvalue weighted by atomic mass is 16.5. The van der Waals surface area contributed by atoms with Crippen molar-refractivity contribution in [1.82, 2.24) is 29.3 Å². The highest BCUT2D eigenvalue weighted by Crippen LogP contribution is 2.36. The number of anilines is 1. The Labute approximate surface area is 166 Å². The molecule has 1 aliphatic rings. The number of carbonyl (C=O) groups is 1. The van der Waals surface area contributed by atoms with Crippen LogP contribution in [0.5, 0.6) is 5.75 Å². The van der Waals surface area contributed by atoms with E-state index in [0.717, 1.165) is 24.2 Å². The Balaban J connectivity index is 1.44. The third kappa shape index (κ3) is 3.31. The number of nitrogens with zero attached hydrogens (tertiary/aromatic N) is 6. The summed E-state index contributed by atoms with van der Waals surface area (Å²) >= 11 is 0. The maximum atomic E-state index is 12.9. The van der Waals surface area contributed by atoms with Gasteiger partial charge in [-0.15, -0.1) is 10.2 Å².